The van der Waals surface area contributed by atoms with Crippen LogP contribution in [0.25, 0.3) is 6.08 Å². The van der Waals surface area contributed by atoms with Gasteiger partial charge in [-0.1, -0.05) is 25.1 Å². The summed E-state index contributed by atoms with van der Waals surface area (Å²) in [4.78, 5) is 26.5. The summed E-state index contributed by atoms with van der Waals surface area (Å²) in [6, 6.07) is 10.5. The maximum absolute atomic E-state index is 12.7. The van der Waals surface area contributed by atoms with Crippen LogP contribution in [0.4, 0.5) is 5.69 Å². The minimum absolute atomic E-state index is 0.291. The lowest BCUT2D eigenvalue weighted by molar-refractivity contribution is -0.140. The number of carbonyl (C=O) groups is 2. The van der Waals surface area contributed by atoms with Crippen molar-refractivity contribution in [2.75, 3.05) is 11.4 Å². The van der Waals surface area contributed by atoms with Crippen LogP contribution in [0.2, 0.25) is 0 Å². The quantitative estimate of drug-likeness (QED) is 0.829. The van der Waals surface area contributed by atoms with Crippen molar-refractivity contribution in [1.29, 1.82) is 0 Å². The lowest BCUT2D eigenvalue weighted by Gasteiger charge is -2.21. The molecule has 2 aromatic rings. The molecular weight excluding hydrogens is 306 g/mol. The molecule has 1 amide bonds. The van der Waals surface area contributed by atoms with Crippen molar-refractivity contribution in [3.8, 4) is 0 Å². The molecule has 0 radical (unpaired) electrons. The van der Waals surface area contributed by atoms with E-state index in [1.165, 1.54) is 18.4 Å². The van der Waals surface area contributed by atoms with E-state index in [4.69, 9.17) is 4.42 Å². The molecule has 1 aromatic heterocycles. The van der Waals surface area contributed by atoms with E-state index >= 15 is 0 Å². The molecule has 0 bridgehead atoms. The second-order valence-electron chi connectivity index (χ2n) is 5.83. The Morgan fingerprint density at radius 1 is 1.29 bits per heavy atom. The van der Waals surface area contributed by atoms with Crippen LogP contribution in [0.5, 0.6) is 0 Å². The van der Waals surface area contributed by atoms with E-state index in [2.05, 4.69) is 0 Å². The number of carbonyl (C=O) groups excluding carboxylic acids is 2. The molecule has 1 aromatic carbocycles. The number of amides is 1. The number of benzene rings is 1. The van der Waals surface area contributed by atoms with Crippen molar-refractivity contribution in [2.24, 2.45) is 0 Å². The molecule has 1 aliphatic rings. The Kier molecular flexibility index (Phi) is 4.36. The molecule has 0 aliphatic carbocycles. The summed E-state index contributed by atoms with van der Waals surface area (Å²) < 4.78 is 5.13. The van der Waals surface area contributed by atoms with Gasteiger partial charge in [-0.3, -0.25) is 9.59 Å². The molecule has 1 N–H and O–H groups in total. The van der Waals surface area contributed by atoms with Crippen LogP contribution >= 0.6 is 0 Å². The van der Waals surface area contributed by atoms with Crippen molar-refractivity contribution in [3.05, 3.63) is 60.1 Å². The smallest absolute Gasteiger partial charge is 0.264 e. The summed E-state index contributed by atoms with van der Waals surface area (Å²) in [5.74, 6) is -0.234. The number of aliphatic hydroxyl groups is 1. The van der Waals surface area contributed by atoms with E-state index in [-0.39, 0.29) is 12.2 Å². The molecular formula is C19H19NO4. The molecule has 5 nitrogen and oxygen atoms in total. The maximum Gasteiger partial charge on any atom is 0.264 e. The number of para-hydroxylation sites is 1. The van der Waals surface area contributed by atoms with E-state index in [0.717, 1.165) is 6.42 Å². The van der Waals surface area contributed by atoms with Gasteiger partial charge in [-0.2, -0.15) is 0 Å². The fourth-order valence-corrected chi connectivity index (χ4v) is 3.00. The summed E-state index contributed by atoms with van der Waals surface area (Å²) in [7, 11) is 0. The standard InChI is InChI=1S/C19H19NO4/c1-2-11-20-17-8-4-3-7-16(17)19(23,18(20)22)13-14(21)9-10-15-6-5-12-24-15/h3-10,12,23H,2,11,13H2,1H3/b10-9-/t19-/m0/s1. The third-order valence-electron chi connectivity index (χ3n) is 4.09. The molecule has 24 heavy (non-hydrogen) atoms. The monoisotopic (exact) mass is 325 g/mol. The Balaban J connectivity index is 1.86. The first kappa shape index (κ1) is 16.2. The first-order valence-electron chi connectivity index (χ1n) is 7.94. The van der Waals surface area contributed by atoms with Gasteiger partial charge in [0.05, 0.1) is 18.4 Å². The minimum atomic E-state index is -1.81. The number of fused-ring (bicyclic) bond motifs is 1. The van der Waals surface area contributed by atoms with Gasteiger partial charge in [0.25, 0.3) is 5.91 Å². The third kappa shape index (κ3) is 2.78. The normalized spacial score (nSPS) is 19.9. The van der Waals surface area contributed by atoms with Gasteiger partial charge >= 0.3 is 0 Å². The average Bonchev–Trinajstić information content (AvgIpc) is 3.16. The molecule has 0 saturated heterocycles. The van der Waals surface area contributed by atoms with Crippen LogP contribution in [0.1, 0.15) is 31.1 Å². The second kappa shape index (κ2) is 6.45. The zero-order chi connectivity index (χ0) is 17.2. The summed E-state index contributed by atoms with van der Waals surface area (Å²) >= 11 is 0. The molecule has 0 unspecified atom stereocenters. The highest BCUT2D eigenvalue weighted by Crippen LogP contribution is 2.42. The molecule has 0 spiro atoms. The van der Waals surface area contributed by atoms with Crippen molar-refractivity contribution in [3.63, 3.8) is 0 Å². The number of allylic oxidation sites excluding steroid dienone is 1. The van der Waals surface area contributed by atoms with Crippen LogP contribution in [-0.4, -0.2) is 23.3 Å². The molecule has 124 valence electrons. The van der Waals surface area contributed by atoms with Crippen molar-refractivity contribution < 1.29 is 19.1 Å². The van der Waals surface area contributed by atoms with Crippen molar-refractivity contribution in [1.82, 2.24) is 0 Å². The number of furan rings is 1. The highest BCUT2D eigenvalue weighted by atomic mass is 16.3. The number of rotatable bonds is 6. The van der Waals surface area contributed by atoms with E-state index in [0.29, 0.717) is 23.6 Å². The Labute approximate surface area is 140 Å². The predicted octanol–water partition coefficient (Wildman–Crippen LogP) is 2.90. The predicted molar refractivity (Wildman–Crippen MR) is 90.3 cm³/mol. The van der Waals surface area contributed by atoms with Crippen molar-refractivity contribution >= 4 is 23.5 Å². The lowest BCUT2D eigenvalue weighted by Crippen LogP contribution is -2.41. The molecule has 0 saturated carbocycles. The van der Waals surface area contributed by atoms with E-state index in [1.54, 1.807) is 35.2 Å². The SMILES string of the molecule is CCCN1C(=O)[C@](O)(CC(=O)/C=C\c2ccco2)c2ccccc21. The van der Waals surface area contributed by atoms with E-state index < -0.39 is 11.5 Å². The van der Waals surface area contributed by atoms with E-state index in [9.17, 15) is 14.7 Å². The van der Waals surface area contributed by atoms with Gasteiger partial charge < -0.3 is 14.4 Å². The average molecular weight is 325 g/mol. The van der Waals surface area contributed by atoms with E-state index in [1.807, 2.05) is 13.0 Å². The number of anilines is 1. The Bertz CT molecular complexity index is 778. The second-order valence-corrected chi connectivity index (χ2v) is 5.83. The topological polar surface area (TPSA) is 70.8 Å². The molecule has 5 heteroatoms. The van der Waals surface area contributed by atoms with Gasteiger partial charge in [0.15, 0.2) is 11.4 Å². The fourth-order valence-electron chi connectivity index (χ4n) is 3.00. The third-order valence-corrected chi connectivity index (χ3v) is 4.09. The van der Waals surface area contributed by atoms with Crippen LogP contribution in [0.3, 0.4) is 0 Å². The minimum Gasteiger partial charge on any atom is -0.465 e. The zero-order valence-corrected chi connectivity index (χ0v) is 13.4. The van der Waals surface area contributed by atoms with Crippen LogP contribution in [0.15, 0.2) is 53.2 Å². The Hall–Kier alpha value is -2.66. The fraction of sp³-hybridized carbons (Fsp3) is 0.263. The molecule has 3 rings (SSSR count). The Morgan fingerprint density at radius 3 is 2.79 bits per heavy atom. The van der Waals surface area contributed by atoms with Gasteiger partial charge in [0.1, 0.15) is 5.76 Å². The molecule has 2 heterocycles. The summed E-state index contributed by atoms with van der Waals surface area (Å²) in [6.07, 6.45) is 4.84. The van der Waals surface area contributed by atoms with Gasteiger partial charge in [-0.15, -0.1) is 0 Å². The first-order chi connectivity index (χ1) is 11.6. The zero-order valence-electron chi connectivity index (χ0n) is 13.4. The van der Waals surface area contributed by atoms with Crippen LogP contribution in [0, 0.1) is 0 Å². The number of hydrogen-bond acceptors (Lipinski definition) is 4. The number of nitrogens with zero attached hydrogens (tertiary/aromatic N) is 1. The summed E-state index contributed by atoms with van der Waals surface area (Å²) in [5.41, 5.74) is -0.644. The Morgan fingerprint density at radius 2 is 2.08 bits per heavy atom. The van der Waals surface area contributed by atoms with Gasteiger partial charge in [0, 0.05) is 12.1 Å². The van der Waals surface area contributed by atoms with Gasteiger partial charge in [0.2, 0.25) is 0 Å². The molecule has 0 fully saturated rings. The van der Waals surface area contributed by atoms with Gasteiger partial charge in [-0.05, 0) is 36.8 Å². The molecule has 1 aliphatic heterocycles. The van der Waals surface area contributed by atoms with Crippen molar-refractivity contribution in [2.45, 2.75) is 25.4 Å². The van der Waals surface area contributed by atoms with Crippen LogP contribution in [-0.2, 0) is 15.2 Å². The lowest BCUT2D eigenvalue weighted by atomic mass is 9.90. The highest BCUT2D eigenvalue weighted by molar-refractivity contribution is 6.10. The maximum atomic E-state index is 12.7. The first-order valence-corrected chi connectivity index (χ1v) is 7.94. The highest BCUT2D eigenvalue weighted by Gasteiger charge is 2.50. The largest absolute Gasteiger partial charge is 0.465 e. The summed E-state index contributed by atoms with van der Waals surface area (Å²) in [5, 5.41) is 11.0. The number of hydrogen-bond donors (Lipinski definition) is 1. The van der Waals surface area contributed by atoms with Crippen LogP contribution < -0.4 is 4.90 Å². The molecule has 1 atom stereocenters. The van der Waals surface area contributed by atoms with Gasteiger partial charge in [-0.25, -0.2) is 0 Å². The number of ketones is 1. The summed E-state index contributed by atoms with van der Waals surface area (Å²) in [6.45, 7) is 2.47.